The SMILES string of the molecule is CC(C)N(CC[S+]([O-])c1ccc(Cl)cc1)C(=O)NCCN(C)C. The van der Waals surface area contributed by atoms with Crippen molar-refractivity contribution >= 4 is 28.8 Å². The van der Waals surface area contributed by atoms with Crippen LogP contribution in [0.25, 0.3) is 0 Å². The summed E-state index contributed by atoms with van der Waals surface area (Å²) in [5.74, 6) is 0.404. The molecule has 1 aromatic rings. The summed E-state index contributed by atoms with van der Waals surface area (Å²) >= 11 is 4.69. The molecule has 0 saturated carbocycles. The number of nitrogens with zero attached hydrogens (tertiary/aromatic N) is 2. The molecule has 1 rings (SSSR count). The zero-order valence-electron chi connectivity index (χ0n) is 14.2. The van der Waals surface area contributed by atoms with Gasteiger partial charge < -0.3 is 19.7 Å². The molecule has 0 bridgehead atoms. The van der Waals surface area contributed by atoms with Gasteiger partial charge in [-0.05, 0) is 63.4 Å². The van der Waals surface area contributed by atoms with Gasteiger partial charge >= 0.3 is 6.03 Å². The molecule has 0 aliphatic rings. The third-order valence-electron chi connectivity index (χ3n) is 3.31. The van der Waals surface area contributed by atoms with Crippen LogP contribution >= 0.6 is 11.6 Å². The van der Waals surface area contributed by atoms with Crippen molar-refractivity contribution in [3.05, 3.63) is 29.3 Å². The van der Waals surface area contributed by atoms with Gasteiger partial charge in [0.2, 0.25) is 0 Å². The lowest BCUT2D eigenvalue weighted by atomic mass is 10.3. The average molecular weight is 360 g/mol. The van der Waals surface area contributed by atoms with Crippen LogP contribution < -0.4 is 5.32 Å². The lowest BCUT2D eigenvalue weighted by Crippen LogP contribution is -2.47. The number of halogens is 1. The molecule has 23 heavy (non-hydrogen) atoms. The highest BCUT2D eigenvalue weighted by Crippen LogP contribution is 2.16. The second-order valence-electron chi connectivity index (χ2n) is 5.83. The van der Waals surface area contributed by atoms with Gasteiger partial charge in [0.15, 0.2) is 4.90 Å². The minimum Gasteiger partial charge on any atom is -0.611 e. The van der Waals surface area contributed by atoms with E-state index in [1.165, 1.54) is 0 Å². The Morgan fingerprint density at radius 3 is 2.39 bits per heavy atom. The number of nitrogens with one attached hydrogen (secondary N) is 1. The first-order valence-corrected chi connectivity index (χ1v) is 9.34. The van der Waals surface area contributed by atoms with E-state index in [1.54, 1.807) is 29.2 Å². The van der Waals surface area contributed by atoms with Crippen LogP contribution in [0.3, 0.4) is 0 Å². The van der Waals surface area contributed by atoms with Crippen molar-refractivity contribution in [3.8, 4) is 0 Å². The molecule has 130 valence electrons. The predicted octanol–water partition coefficient (Wildman–Crippen LogP) is 2.43. The predicted molar refractivity (Wildman–Crippen MR) is 96.5 cm³/mol. The molecule has 1 atom stereocenters. The molecule has 0 heterocycles. The molecule has 0 spiro atoms. The van der Waals surface area contributed by atoms with E-state index in [0.29, 0.717) is 23.9 Å². The Kier molecular flexibility index (Phi) is 8.76. The fraction of sp³-hybridized carbons (Fsp3) is 0.562. The van der Waals surface area contributed by atoms with Crippen molar-refractivity contribution in [1.82, 2.24) is 15.1 Å². The van der Waals surface area contributed by atoms with Crippen molar-refractivity contribution in [2.24, 2.45) is 0 Å². The van der Waals surface area contributed by atoms with Crippen LogP contribution in [0.5, 0.6) is 0 Å². The quantitative estimate of drug-likeness (QED) is 0.725. The van der Waals surface area contributed by atoms with Gasteiger partial charge in [-0.3, -0.25) is 0 Å². The van der Waals surface area contributed by atoms with E-state index in [1.807, 2.05) is 32.8 Å². The van der Waals surface area contributed by atoms with Gasteiger partial charge in [-0.25, -0.2) is 4.79 Å². The van der Waals surface area contributed by atoms with Gasteiger partial charge in [0, 0.05) is 24.2 Å². The summed E-state index contributed by atoms with van der Waals surface area (Å²) in [4.78, 5) is 16.7. The second kappa shape index (κ2) is 10.0. The monoisotopic (exact) mass is 359 g/mol. The molecule has 0 saturated heterocycles. The van der Waals surface area contributed by atoms with Gasteiger partial charge in [0.1, 0.15) is 5.75 Å². The minimum atomic E-state index is -1.15. The van der Waals surface area contributed by atoms with E-state index in [4.69, 9.17) is 11.6 Å². The highest BCUT2D eigenvalue weighted by molar-refractivity contribution is 7.91. The summed E-state index contributed by atoms with van der Waals surface area (Å²) in [7, 11) is 3.92. The number of urea groups is 1. The first-order valence-electron chi connectivity index (χ1n) is 7.64. The summed E-state index contributed by atoms with van der Waals surface area (Å²) in [6.45, 7) is 5.73. The number of hydrogen-bond acceptors (Lipinski definition) is 3. The number of amides is 2. The molecule has 0 radical (unpaired) electrons. The molecule has 1 unspecified atom stereocenters. The Balaban J connectivity index is 2.52. The molecule has 1 N–H and O–H groups in total. The van der Waals surface area contributed by atoms with Crippen LogP contribution in [0.1, 0.15) is 13.8 Å². The van der Waals surface area contributed by atoms with E-state index < -0.39 is 11.2 Å². The normalized spacial score (nSPS) is 12.5. The third-order valence-corrected chi connectivity index (χ3v) is 4.92. The molecule has 7 heteroatoms. The van der Waals surface area contributed by atoms with Crippen LogP contribution in [0.2, 0.25) is 5.02 Å². The molecule has 0 aliphatic carbocycles. The van der Waals surface area contributed by atoms with Crippen molar-refractivity contribution in [2.75, 3.05) is 39.5 Å². The van der Waals surface area contributed by atoms with Crippen molar-refractivity contribution in [1.29, 1.82) is 0 Å². The zero-order chi connectivity index (χ0) is 17.4. The Labute approximate surface area is 147 Å². The highest BCUT2D eigenvalue weighted by Gasteiger charge is 2.20. The molecular formula is C16H26ClN3O2S. The number of benzene rings is 1. The molecule has 0 aromatic heterocycles. The van der Waals surface area contributed by atoms with Gasteiger partial charge in [-0.15, -0.1) is 0 Å². The fourth-order valence-corrected chi connectivity index (χ4v) is 3.13. The van der Waals surface area contributed by atoms with E-state index >= 15 is 0 Å². The zero-order valence-corrected chi connectivity index (χ0v) is 15.8. The van der Waals surface area contributed by atoms with Gasteiger partial charge in [0.05, 0.1) is 6.54 Å². The average Bonchev–Trinajstić information content (AvgIpc) is 2.47. The van der Waals surface area contributed by atoms with Gasteiger partial charge in [-0.2, -0.15) is 0 Å². The Hall–Kier alpha value is -0.950. The van der Waals surface area contributed by atoms with E-state index in [2.05, 4.69) is 5.32 Å². The number of rotatable bonds is 8. The smallest absolute Gasteiger partial charge is 0.317 e. The lowest BCUT2D eigenvalue weighted by Gasteiger charge is -2.27. The Morgan fingerprint density at radius 2 is 1.87 bits per heavy atom. The molecule has 2 amide bonds. The number of carbonyl (C=O) groups is 1. The summed E-state index contributed by atoms with van der Waals surface area (Å²) < 4.78 is 12.3. The fourth-order valence-electron chi connectivity index (χ4n) is 1.97. The summed E-state index contributed by atoms with van der Waals surface area (Å²) in [5, 5.41) is 3.52. The Bertz CT molecular complexity index is 483. The lowest BCUT2D eigenvalue weighted by molar-refractivity contribution is 0.186. The standard InChI is InChI=1S/C16H26ClN3O2S/c1-13(2)20(16(21)18-9-10-19(3)4)11-12-23(22)15-7-5-14(17)6-8-15/h5-8,13H,9-12H2,1-4H3,(H,18,21). The summed E-state index contributed by atoms with van der Waals surface area (Å²) in [6.07, 6.45) is 0. The summed E-state index contributed by atoms with van der Waals surface area (Å²) in [5.41, 5.74) is 0. The van der Waals surface area contributed by atoms with Crippen LogP contribution in [0.15, 0.2) is 29.2 Å². The molecule has 1 aromatic carbocycles. The maximum absolute atomic E-state index is 12.3. The van der Waals surface area contributed by atoms with Gasteiger partial charge in [-0.1, -0.05) is 11.6 Å². The van der Waals surface area contributed by atoms with Crippen LogP contribution in [-0.2, 0) is 11.2 Å². The Morgan fingerprint density at radius 1 is 1.26 bits per heavy atom. The number of carbonyl (C=O) groups excluding carboxylic acids is 1. The van der Waals surface area contributed by atoms with Crippen LogP contribution in [0, 0.1) is 0 Å². The van der Waals surface area contributed by atoms with Crippen molar-refractivity contribution in [3.63, 3.8) is 0 Å². The van der Waals surface area contributed by atoms with E-state index in [-0.39, 0.29) is 12.1 Å². The summed E-state index contributed by atoms with van der Waals surface area (Å²) in [6, 6.07) is 6.91. The molecule has 5 nitrogen and oxygen atoms in total. The maximum atomic E-state index is 12.3. The third kappa shape index (κ3) is 7.44. The maximum Gasteiger partial charge on any atom is 0.317 e. The molecule has 0 fully saturated rings. The first-order chi connectivity index (χ1) is 10.8. The second-order valence-corrected chi connectivity index (χ2v) is 7.83. The number of hydrogen-bond donors (Lipinski definition) is 1. The topological polar surface area (TPSA) is 58.6 Å². The van der Waals surface area contributed by atoms with Crippen LogP contribution in [0.4, 0.5) is 4.79 Å². The highest BCUT2D eigenvalue weighted by atomic mass is 35.5. The van der Waals surface area contributed by atoms with Gasteiger partial charge in [0.25, 0.3) is 0 Å². The van der Waals surface area contributed by atoms with Crippen molar-refractivity contribution in [2.45, 2.75) is 24.8 Å². The largest absolute Gasteiger partial charge is 0.611 e. The van der Waals surface area contributed by atoms with E-state index in [9.17, 15) is 9.35 Å². The molecule has 0 aliphatic heterocycles. The van der Waals surface area contributed by atoms with Crippen molar-refractivity contribution < 1.29 is 9.35 Å². The first kappa shape index (κ1) is 20.1. The number of likely N-dealkylation sites (N-methyl/N-ethyl adjacent to an activating group) is 1. The van der Waals surface area contributed by atoms with E-state index in [0.717, 1.165) is 11.4 Å². The minimum absolute atomic E-state index is 0.0524. The molecular weight excluding hydrogens is 334 g/mol. The van der Waals surface area contributed by atoms with Crippen LogP contribution in [-0.4, -0.2) is 65.9 Å².